The Labute approximate surface area is 276 Å². The van der Waals surface area contributed by atoms with E-state index in [0.29, 0.717) is 65.1 Å². The van der Waals surface area contributed by atoms with Gasteiger partial charge >= 0.3 is 0 Å². The molecule has 3 aliphatic rings. The number of anilines is 2. The molecular weight excluding hydrogens is 622 g/mol. The van der Waals surface area contributed by atoms with Crippen LogP contribution in [0.4, 0.5) is 20.2 Å². The molecule has 2 atom stereocenters. The first kappa shape index (κ1) is 31.8. The molecule has 2 unspecified atom stereocenters. The molecule has 2 amide bonds. The highest BCUT2D eigenvalue weighted by molar-refractivity contribution is 6.16. The number of morpholine rings is 1. The number of ether oxygens (including phenoxy) is 4. The molecule has 12 heteroatoms. The summed E-state index contributed by atoms with van der Waals surface area (Å²) in [6, 6.07) is 14.5. The fourth-order valence-corrected chi connectivity index (χ4v) is 6.04. The fraction of sp³-hybridized carbons (Fsp3) is 0.361. The number of halogens is 2. The highest BCUT2D eigenvalue weighted by atomic mass is 19.1. The summed E-state index contributed by atoms with van der Waals surface area (Å²) in [6.45, 7) is 5.19. The molecule has 0 bridgehead atoms. The van der Waals surface area contributed by atoms with E-state index in [0.717, 1.165) is 45.3 Å². The van der Waals surface area contributed by atoms with Crippen LogP contribution < -0.4 is 24.8 Å². The zero-order chi connectivity index (χ0) is 33.3. The molecule has 10 nitrogen and oxygen atoms in total. The van der Waals surface area contributed by atoms with Crippen molar-refractivity contribution < 1.29 is 37.3 Å². The van der Waals surface area contributed by atoms with Crippen LogP contribution in [-0.4, -0.2) is 68.3 Å². The van der Waals surface area contributed by atoms with Crippen molar-refractivity contribution in [2.45, 2.75) is 19.3 Å². The maximum atomic E-state index is 15.3. The average Bonchev–Trinajstić information content (AvgIpc) is 4.03. The molecule has 3 aromatic carbocycles. The molecular formula is C36H36F2N4O6. The van der Waals surface area contributed by atoms with Gasteiger partial charge in [0.1, 0.15) is 17.0 Å². The minimum absolute atomic E-state index is 0.0602. The molecule has 250 valence electrons. The van der Waals surface area contributed by atoms with E-state index in [9.17, 15) is 14.0 Å². The lowest BCUT2D eigenvalue weighted by molar-refractivity contribution is -0.131. The monoisotopic (exact) mass is 658 g/mol. The smallest absolute Gasteiger partial charge is 0.240 e. The molecule has 1 aromatic heterocycles. The highest BCUT2D eigenvalue weighted by Crippen LogP contribution is 2.48. The summed E-state index contributed by atoms with van der Waals surface area (Å²) < 4.78 is 51.8. The second-order valence-corrected chi connectivity index (χ2v) is 12.6. The van der Waals surface area contributed by atoms with E-state index in [4.69, 9.17) is 18.9 Å². The van der Waals surface area contributed by atoms with Crippen LogP contribution in [0, 0.1) is 28.9 Å². The van der Waals surface area contributed by atoms with E-state index in [-0.39, 0.29) is 11.4 Å². The maximum absolute atomic E-state index is 15.3. The number of nitrogens with zero attached hydrogens (tertiary/aromatic N) is 2. The molecule has 7 rings (SSSR count). The summed E-state index contributed by atoms with van der Waals surface area (Å²) in [5.41, 5.74) is -0.121. The van der Waals surface area contributed by atoms with Gasteiger partial charge in [-0.25, -0.2) is 8.78 Å². The van der Waals surface area contributed by atoms with Crippen molar-refractivity contribution >= 4 is 34.1 Å². The number of fused-ring (bicyclic) bond motifs is 1. The minimum atomic E-state index is -1.28. The van der Waals surface area contributed by atoms with Gasteiger partial charge in [0.25, 0.3) is 0 Å². The van der Waals surface area contributed by atoms with E-state index in [1.807, 2.05) is 0 Å². The SMILES string of the molecule is COc1cc2c(Oc3ccc(NC(=O)C4(C(=O)Nc5ccc(F)cc5)CC4)cc3F)ccnc2cc1OCC1CC1CN1CCOCC1. The second-order valence-electron chi connectivity index (χ2n) is 12.6. The van der Waals surface area contributed by atoms with Gasteiger partial charge in [-0.15, -0.1) is 0 Å². The Morgan fingerprint density at radius 1 is 0.896 bits per heavy atom. The second kappa shape index (κ2) is 13.4. The summed E-state index contributed by atoms with van der Waals surface area (Å²) in [6.07, 6.45) is 3.39. The number of carbonyl (C=O) groups excluding carboxylic acids is 2. The first-order chi connectivity index (χ1) is 23.3. The molecule has 2 heterocycles. The maximum Gasteiger partial charge on any atom is 0.240 e. The molecule has 0 radical (unpaired) electrons. The van der Waals surface area contributed by atoms with Crippen LogP contribution in [0.5, 0.6) is 23.0 Å². The Hall–Kier alpha value is -4.81. The number of carbonyl (C=O) groups is 2. The van der Waals surface area contributed by atoms with Crippen molar-refractivity contribution in [1.29, 1.82) is 0 Å². The molecule has 48 heavy (non-hydrogen) atoms. The summed E-state index contributed by atoms with van der Waals surface area (Å²) in [5, 5.41) is 5.91. The highest BCUT2D eigenvalue weighted by Gasteiger charge is 2.56. The number of aromatic nitrogens is 1. The molecule has 2 saturated carbocycles. The van der Waals surface area contributed by atoms with Gasteiger partial charge in [-0.3, -0.25) is 19.5 Å². The van der Waals surface area contributed by atoms with Crippen LogP contribution in [0.15, 0.2) is 66.9 Å². The quantitative estimate of drug-likeness (QED) is 0.178. The lowest BCUT2D eigenvalue weighted by Crippen LogP contribution is -2.37. The number of nitrogens with one attached hydrogen (secondary N) is 2. The Morgan fingerprint density at radius 3 is 2.33 bits per heavy atom. The number of methoxy groups -OCH3 is 1. The third-order valence-electron chi connectivity index (χ3n) is 9.24. The van der Waals surface area contributed by atoms with Crippen LogP contribution in [0.25, 0.3) is 10.9 Å². The summed E-state index contributed by atoms with van der Waals surface area (Å²) in [7, 11) is 1.56. The van der Waals surface area contributed by atoms with Crippen molar-refractivity contribution in [3.8, 4) is 23.0 Å². The molecule has 4 aromatic rings. The lowest BCUT2D eigenvalue weighted by Gasteiger charge is -2.26. The normalized spacial score (nSPS) is 19.7. The molecule has 1 saturated heterocycles. The first-order valence-corrected chi connectivity index (χ1v) is 16.1. The number of hydrogen-bond acceptors (Lipinski definition) is 8. The van der Waals surface area contributed by atoms with Gasteiger partial charge in [0.15, 0.2) is 23.1 Å². The van der Waals surface area contributed by atoms with Crippen molar-refractivity contribution in [3.63, 3.8) is 0 Å². The number of pyridine rings is 1. The van der Waals surface area contributed by atoms with E-state index < -0.39 is 28.9 Å². The molecule has 0 spiro atoms. The fourth-order valence-electron chi connectivity index (χ4n) is 6.04. The van der Waals surface area contributed by atoms with Gasteiger partial charge in [-0.1, -0.05) is 0 Å². The zero-order valence-corrected chi connectivity index (χ0v) is 26.5. The summed E-state index contributed by atoms with van der Waals surface area (Å²) >= 11 is 0. The Balaban J connectivity index is 0.990. The predicted octanol–water partition coefficient (Wildman–Crippen LogP) is 6.02. The van der Waals surface area contributed by atoms with E-state index in [1.54, 1.807) is 31.5 Å². The molecule has 2 aliphatic carbocycles. The predicted molar refractivity (Wildman–Crippen MR) is 174 cm³/mol. The first-order valence-electron chi connectivity index (χ1n) is 16.1. The topological polar surface area (TPSA) is 111 Å². The summed E-state index contributed by atoms with van der Waals surface area (Å²) in [4.78, 5) is 32.9. The number of amides is 2. The standard InChI is InChI=1S/C36H36F2N4O6/c1-45-32-18-27-29(19-33(32)47-21-23-16-22(23)20-42-12-14-46-15-13-42)39-11-8-30(27)48-31-7-6-26(17-28(31)38)41-35(44)36(9-10-36)34(43)40-25-4-2-24(37)3-5-25/h2-8,11,17-19,22-23H,9-10,12-16,20-21H2,1H3,(H,40,43)(H,41,44). The van der Waals surface area contributed by atoms with E-state index >= 15 is 4.39 Å². The largest absolute Gasteiger partial charge is 0.493 e. The van der Waals surface area contributed by atoms with Gasteiger partial charge in [-0.05, 0) is 79.6 Å². The van der Waals surface area contributed by atoms with Crippen LogP contribution in [0.3, 0.4) is 0 Å². The number of benzene rings is 3. The van der Waals surface area contributed by atoms with Gasteiger partial charge in [0, 0.05) is 54.7 Å². The van der Waals surface area contributed by atoms with Crippen molar-refractivity contribution in [1.82, 2.24) is 9.88 Å². The van der Waals surface area contributed by atoms with E-state index in [2.05, 4.69) is 20.5 Å². The van der Waals surface area contributed by atoms with Crippen molar-refractivity contribution in [2.75, 3.05) is 57.2 Å². The molecule has 1 aliphatic heterocycles. The van der Waals surface area contributed by atoms with Crippen LogP contribution in [0.2, 0.25) is 0 Å². The molecule has 2 N–H and O–H groups in total. The van der Waals surface area contributed by atoms with Gasteiger partial charge < -0.3 is 29.6 Å². The van der Waals surface area contributed by atoms with Gasteiger partial charge in [0.2, 0.25) is 11.8 Å². The van der Waals surface area contributed by atoms with Crippen LogP contribution in [0.1, 0.15) is 19.3 Å². The third kappa shape index (κ3) is 6.90. The van der Waals surface area contributed by atoms with E-state index in [1.165, 1.54) is 36.4 Å². The average molecular weight is 659 g/mol. The number of hydrogen-bond donors (Lipinski definition) is 2. The third-order valence-corrected chi connectivity index (χ3v) is 9.24. The zero-order valence-electron chi connectivity index (χ0n) is 26.5. The Kier molecular flexibility index (Phi) is 8.84. The van der Waals surface area contributed by atoms with Crippen LogP contribution in [-0.2, 0) is 14.3 Å². The Bertz CT molecular complexity index is 1830. The summed E-state index contributed by atoms with van der Waals surface area (Å²) in [5.74, 6) is 0.313. The van der Waals surface area contributed by atoms with Gasteiger partial charge in [-0.2, -0.15) is 0 Å². The Morgan fingerprint density at radius 2 is 1.62 bits per heavy atom. The van der Waals surface area contributed by atoms with Crippen LogP contribution >= 0.6 is 0 Å². The van der Waals surface area contributed by atoms with Gasteiger partial charge in [0.05, 0.1) is 32.4 Å². The number of rotatable bonds is 12. The lowest BCUT2D eigenvalue weighted by atomic mass is 10.0. The minimum Gasteiger partial charge on any atom is -0.493 e. The van der Waals surface area contributed by atoms with Crippen molar-refractivity contribution in [3.05, 3.63) is 78.5 Å². The molecule has 3 fully saturated rings. The van der Waals surface area contributed by atoms with Crippen molar-refractivity contribution in [2.24, 2.45) is 17.3 Å².